The number of aromatic nitrogens is 1. The van der Waals surface area contributed by atoms with Crippen LogP contribution in [0.2, 0.25) is 0 Å². The molecule has 17 heavy (non-hydrogen) atoms. The van der Waals surface area contributed by atoms with Crippen LogP contribution in [0.15, 0.2) is 6.20 Å². The van der Waals surface area contributed by atoms with Crippen molar-refractivity contribution in [3.05, 3.63) is 22.3 Å². The van der Waals surface area contributed by atoms with Gasteiger partial charge in [-0.15, -0.1) is 0 Å². The molecule has 0 fully saturated rings. The molecule has 94 valence electrons. The van der Waals surface area contributed by atoms with Crippen molar-refractivity contribution in [2.24, 2.45) is 0 Å². The maximum atomic E-state index is 2.44. The summed E-state index contributed by atoms with van der Waals surface area (Å²) in [5, 5.41) is 2.97. The van der Waals surface area contributed by atoms with Gasteiger partial charge in [-0.25, -0.2) is 0 Å². The Balaban J connectivity index is 2.34. The van der Waals surface area contributed by atoms with E-state index < -0.39 is 0 Å². The number of hydrogen-bond acceptors (Lipinski definition) is 1. The molecule has 0 aromatic carbocycles. The molecule has 2 nitrogen and oxygen atoms in total. The Morgan fingerprint density at radius 3 is 2.71 bits per heavy atom. The van der Waals surface area contributed by atoms with E-state index in [2.05, 4.69) is 48.8 Å². The highest BCUT2D eigenvalue weighted by atomic mass is 15.0. The lowest BCUT2D eigenvalue weighted by Gasteiger charge is -2.07. The third-order valence-electron chi connectivity index (χ3n) is 3.39. The minimum absolute atomic E-state index is 1.14. The Morgan fingerprint density at radius 1 is 1.24 bits per heavy atom. The molecule has 0 bridgehead atoms. The van der Waals surface area contributed by atoms with Gasteiger partial charge in [-0.1, -0.05) is 19.1 Å². The van der Waals surface area contributed by atoms with Gasteiger partial charge in [-0.2, -0.15) is 0 Å². The number of aryl methyl sites for hydroxylation is 1. The fourth-order valence-electron chi connectivity index (χ4n) is 2.53. The quantitative estimate of drug-likeness (QED) is 0.744. The van der Waals surface area contributed by atoms with E-state index in [0.29, 0.717) is 0 Å². The van der Waals surface area contributed by atoms with Crippen molar-refractivity contribution < 1.29 is 0 Å². The molecule has 0 saturated carbocycles. The Morgan fingerprint density at radius 2 is 2.00 bits per heavy atom. The van der Waals surface area contributed by atoms with Crippen molar-refractivity contribution in [1.29, 1.82) is 0 Å². The van der Waals surface area contributed by atoms with Crippen LogP contribution in [0, 0.1) is 0 Å². The molecule has 0 unspecified atom stereocenters. The molecule has 0 spiro atoms. The summed E-state index contributed by atoms with van der Waals surface area (Å²) in [7, 11) is 4.29. The normalized spacial score (nSPS) is 14.4. The van der Waals surface area contributed by atoms with E-state index in [0.717, 1.165) is 19.5 Å². The summed E-state index contributed by atoms with van der Waals surface area (Å²) in [6.45, 7) is 4.53. The summed E-state index contributed by atoms with van der Waals surface area (Å²) in [4.78, 5) is 2.26. The third kappa shape index (κ3) is 2.81. The van der Waals surface area contributed by atoms with Crippen LogP contribution < -0.4 is 10.6 Å². The highest BCUT2D eigenvalue weighted by molar-refractivity contribution is 5.40. The van der Waals surface area contributed by atoms with Gasteiger partial charge in [-0.05, 0) is 50.6 Å². The Kier molecular flexibility index (Phi) is 4.06. The smallest absolute Gasteiger partial charge is 0.0439 e. The SMILES string of the molecule is CCCn1cc(CCN(C)C)c2c1=CCCC=2. The van der Waals surface area contributed by atoms with Gasteiger partial charge in [-0.3, -0.25) is 0 Å². The fraction of sp³-hybridized carbons (Fsp3) is 0.600. The van der Waals surface area contributed by atoms with Crippen molar-refractivity contribution in [3.8, 4) is 0 Å². The lowest BCUT2D eigenvalue weighted by atomic mass is 10.1. The van der Waals surface area contributed by atoms with E-state index in [9.17, 15) is 0 Å². The van der Waals surface area contributed by atoms with E-state index >= 15 is 0 Å². The molecule has 0 atom stereocenters. The van der Waals surface area contributed by atoms with Crippen molar-refractivity contribution in [2.45, 2.75) is 39.2 Å². The largest absolute Gasteiger partial charge is 0.347 e. The summed E-state index contributed by atoms with van der Waals surface area (Å²) in [5.74, 6) is 0. The number of fused-ring (bicyclic) bond motifs is 1. The van der Waals surface area contributed by atoms with E-state index in [-0.39, 0.29) is 0 Å². The van der Waals surface area contributed by atoms with Crippen molar-refractivity contribution in [1.82, 2.24) is 9.47 Å². The van der Waals surface area contributed by atoms with Gasteiger partial charge in [0.2, 0.25) is 0 Å². The monoisotopic (exact) mass is 232 g/mol. The van der Waals surface area contributed by atoms with Gasteiger partial charge >= 0.3 is 0 Å². The van der Waals surface area contributed by atoms with Crippen LogP contribution in [0.3, 0.4) is 0 Å². The predicted octanol–water partition coefficient (Wildman–Crippen LogP) is 1.36. The Hall–Kier alpha value is -1.02. The summed E-state index contributed by atoms with van der Waals surface area (Å²) in [5.41, 5.74) is 1.53. The van der Waals surface area contributed by atoms with Gasteiger partial charge in [0, 0.05) is 24.6 Å². The van der Waals surface area contributed by atoms with Gasteiger partial charge in [0.25, 0.3) is 0 Å². The molecule has 0 aliphatic heterocycles. The molecular formula is C15H24N2. The minimum atomic E-state index is 1.14. The number of likely N-dealkylation sites (N-methyl/N-ethyl adjacent to an activating group) is 1. The topological polar surface area (TPSA) is 8.17 Å². The zero-order valence-corrected chi connectivity index (χ0v) is 11.4. The van der Waals surface area contributed by atoms with Crippen LogP contribution in [-0.4, -0.2) is 30.1 Å². The molecule has 1 heterocycles. The average Bonchev–Trinajstić information content (AvgIpc) is 2.66. The van der Waals surface area contributed by atoms with Gasteiger partial charge < -0.3 is 9.47 Å². The van der Waals surface area contributed by atoms with Crippen LogP contribution in [0.25, 0.3) is 12.2 Å². The number of hydrogen-bond donors (Lipinski definition) is 0. The van der Waals surface area contributed by atoms with Crippen molar-refractivity contribution in [2.75, 3.05) is 20.6 Å². The molecule has 2 rings (SSSR count). The molecule has 1 aliphatic carbocycles. The average molecular weight is 232 g/mol. The zero-order chi connectivity index (χ0) is 12.3. The molecule has 0 radical (unpaired) electrons. The van der Waals surface area contributed by atoms with E-state index in [1.807, 2.05) is 0 Å². The van der Waals surface area contributed by atoms with Gasteiger partial charge in [0.15, 0.2) is 0 Å². The first-order chi connectivity index (χ1) is 8.22. The Labute approximate surface area is 104 Å². The molecule has 2 heteroatoms. The first-order valence-electron chi connectivity index (χ1n) is 6.75. The third-order valence-corrected chi connectivity index (χ3v) is 3.39. The lowest BCUT2D eigenvalue weighted by molar-refractivity contribution is 0.413. The van der Waals surface area contributed by atoms with E-state index in [1.54, 1.807) is 0 Å². The lowest BCUT2D eigenvalue weighted by Crippen LogP contribution is -2.32. The molecular weight excluding hydrogens is 208 g/mol. The number of rotatable bonds is 5. The summed E-state index contributed by atoms with van der Waals surface area (Å²) in [6.07, 6.45) is 12.0. The summed E-state index contributed by atoms with van der Waals surface area (Å²) in [6, 6.07) is 0. The molecule has 1 aliphatic rings. The highest BCUT2D eigenvalue weighted by Crippen LogP contribution is 2.01. The molecule has 1 aromatic heterocycles. The van der Waals surface area contributed by atoms with Crippen LogP contribution in [0.1, 0.15) is 31.7 Å². The standard InChI is InChI=1S/C15H24N2/c1-4-10-17-12-13(9-11-16(2)3)14-7-5-6-8-15(14)17/h7-8,12H,4-6,9-11H2,1-3H3. The minimum Gasteiger partial charge on any atom is -0.347 e. The first kappa shape index (κ1) is 12.4. The van der Waals surface area contributed by atoms with Crippen molar-refractivity contribution in [3.63, 3.8) is 0 Å². The van der Waals surface area contributed by atoms with Crippen molar-refractivity contribution >= 4 is 12.2 Å². The first-order valence-corrected chi connectivity index (χ1v) is 6.75. The Bertz CT molecular complexity index is 480. The van der Waals surface area contributed by atoms with E-state index in [1.165, 1.54) is 35.4 Å². The van der Waals surface area contributed by atoms with Gasteiger partial charge in [0.05, 0.1) is 0 Å². The summed E-state index contributed by atoms with van der Waals surface area (Å²) >= 11 is 0. The molecule has 0 amide bonds. The zero-order valence-electron chi connectivity index (χ0n) is 11.4. The molecule has 1 aromatic rings. The molecule has 0 saturated heterocycles. The van der Waals surface area contributed by atoms with E-state index in [4.69, 9.17) is 0 Å². The highest BCUT2D eigenvalue weighted by Gasteiger charge is 2.07. The predicted molar refractivity (Wildman–Crippen MR) is 74.4 cm³/mol. The van der Waals surface area contributed by atoms with Crippen LogP contribution in [0.4, 0.5) is 0 Å². The van der Waals surface area contributed by atoms with Gasteiger partial charge in [0.1, 0.15) is 0 Å². The summed E-state index contributed by atoms with van der Waals surface area (Å²) < 4.78 is 2.44. The fourth-order valence-corrected chi connectivity index (χ4v) is 2.53. The second kappa shape index (κ2) is 5.54. The maximum absolute atomic E-state index is 2.44. The van der Waals surface area contributed by atoms with Crippen LogP contribution in [0.5, 0.6) is 0 Å². The molecule has 0 N–H and O–H groups in total. The van der Waals surface area contributed by atoms with Crippen LogP contribution >= 0.6 is 0 Å². The maximum Gasteiger partial charge on any atom is 0.0439 e. The second-order valence-corrected chi connectivity index (χ2v) is 5.19. The van der Waals surface area contributed by atoms with Crippen LogP contribution in [-0.2, 0) is 13.0 Å². The number of nitrogens with zero attached hydrogens (tertiary/aromatic N) is 2. The second-order valence-electron chi connectivity index (χ2n) is 5.19.